The molecule has 1 fully saturated rings. The molecule has 0 spiro atoms. The van der Waals surface area contributed by atoms with E-state index in [4.69, 9.17) is 4.74 Å². The third-order valence-corrected chi connectivity index (χ3v) is 3.96. The van der Waals surface area contributed by atoms with Gasteiger partial charge in [-0.15, -0.1) is 5.10 Å². The SMILES string of the molecule is COc1cc(F)c([N+](=O)[O-])c(Sc2nnnn2C2CC2)c1. The molecule has 110 valence electrons. The highest BCUT2D eigenvalue weighted by molar-refractivity contribution is 7.99. The predicted molar refractivity (Wildman–Crippen MR) is 69.8 cm³/mol. The quantitative estimate of drug-likeness (QED) is 0.617. The molecule has 1 aromatic heterocycles. The lowest BCUT2D eigenvalue weighted by Gasteiger charge is -2.06. The molecule has 0 N–H and O–H groups in total. The zero-order chi connectivity index (χ0) is 15.0. The Hall–Kier alpha value is -2.23. The van der Waals surface area contributed by atoms with Gasteiger partial charge in [-0.05, 0) is 35.0 Å². The number of nitro groups is 1. The standard InChI is InChI=1S/C11H10FN5O3S/c1-20-7-4-8(12)10(17(18)19)9(5-7)21-11-13-14-15-16(11)6-2-3-6/h4-6H,2-3H2,1H3. The van der Waals surface area contributed by atoms with Crippen LogP contribution in [0.5, 0.6) is 5.75 Å². The van der Waals surface area contributed by atoms with E-state index in [1.165, 1.54) is 13.2 Å². The highest BCUT2D eigenvalue weighted by atomic mass is 32.2. The summed E-state index contributed by atoms with van der Waals surface area (Å²) >= 11 is 0.953. The van der Waals surface area contributed by atoms with Gasteiger partial charge in [-0.3, -0.25) is 10.1 Å². The molecule has 1 saturated carbocycles. The van der Waals surface area contributed by atoms with Crippen LogP contribution >= 0.6 is 11.8 Å². The molecule has 0 amide bonds. The molecule has 1 aliphatic rings. The topological polar surface area (TPSA) is 96.0 Å². The van der Waals surface area contributed by atoms with Crippen LogP contribution in [0.15, 0.2) is 22.2 Å². The monoisotopic (exact) mass is 311 g/mol. The molecular weight excluding hydrogens is 301 g/mol. The Morgan fingerprint density at radius 1 is 1.52 bits per heavy atom. The number of nitro benzene ring substituents is 1. The maximum Gasteiger partial charge on any atom is 0.318 e. The van der Waals surface area contributed by atoms with Gasteiger partial charge in [0.1, 0.15) is 5.75 Å². The van der Waals surface area contributed by atoms with Crippen LogP contribution in [0.25, 0.3) is 0 Å². The number of benzene rings is 1. The van der Waals surface area contributed by atoms with Crippen LogP contribution < -0.4 is 4.74 Å². The summed E-state index contributed by atoms with van der Waals surface area (Å²) < 4.78 is 20.4. The molecule has 3 rings (SSSR count). The fourth-order valence-corrected chi connectivity index (χ4v) is 2.82. The van der Waals surface area contributed by atoms with Gasteiger partial charge in [-0.25, -0.2) is 4.68 Å². The highest BCUT2D eigenvalue weighted by Gasteiger charge is 2.30. The summed E-state index contributed by atoms with van der Waals surface area (Å²) in [7, 11) is 1.36. The van der Waals surface area contributed by atoms with Gasteiger partial charge in [0, 0.05) is 12.1 Å². The first kappa shape index (κ1) is 13.7. The predicted octanol–water partition coefficient (Wildman–Crippen LogP) is 2.22. The van der Waals surface area contributed by atoms with Gasteiger partial charge in [0.15, 0.2) is 0 Å². The van der Waals surface area contributed by atoms with Gasteiger partial charge >= 0.3 is 5.69 Å². The van der Waals surface area contributed by atoms with E-state index in [2.05, 4.69) is 15.5 Å². The van der Waals surface area contributed by atoms with Crippen molar-refractivity contribution in [2.24, 2.45) is 0 Å². The second-order valence-electron chi connectivity index (χ2n) is 4.45. The molecule has 8 nitrogen and oxygen atoms in total. The minimum absolute atomic E-state index is 0.105. The molecule has 0 radical (unpaired) electrons. The average Bonchev–Trinajstić information content (AvgIpc) is 3.18. The van der Waals surface area contributed by atoms with E-state index in [9.17, 15) is 14.5 Å². The van der Waals surface area contributed by atoms with E-state index in [-0.39, 0.29) is 16.7 Å². The number of tetrazole rings is 1. The number of hydrogen-bond donors (Lipinski definition) is 0. The number of nitrogens with zero attached hydrogens (tertiary/aromatic N) is 5. The molecule has 1 aliphatic carbocycles. The van der Waals surface area contributed by atoms with Crippen molar-refractivity contribution < 1.29 is 14.1 Å². The summed E-state index contributed by atoms with van der Waals surface area (Å²) in [6, 6.07) is 2.60. The number of ether oxygens (including phenoxy) is 1. The normalized spacial score (nSPS) is 14.2. The Bertz CT molecular complexity index is 703. The van der Waals surface area contributed by atoms with Crippen LogP contribution in [0.4, 0.5) is 10.1 Å². The van der Waals surface area contributed by atoms with Gasteiger partial charge in [0.05, 0.1) is 23.0 Å². The maximum absolute atomic E-state index is 13.9. The molecule has 1 aromatic carbocycles. The van der Waals surface area contributed by atoms with E-state index >= 15 is 0 Å². The second kappa shape index (κ2) is 5.28. The molecule has 10 heteroatoms. The molecule has 21 heavy (non-hydrogen) atoms. The third-order valence-electron chi connectivity index (χ3n) is 2.98. The van der Waals surface area contributed by atoms with Crippen molar-refractivity contribution in [1.82, 2.24) is 20.2 Å². The maximum atomic E-state index is 13.9. The van der Waals surface area contributed by atoms with Crippen molar-refractivity contribution in [3.8, 4) is 5.75 Å². The Kier molecular flexibility index (Phi) is 3.45. The lowest BCUT2D eigenvalue weighted by molar-refractivity contribution is -0.390. The van der Waals surface area contributed by atoms with Crippen molar-refractivity contribution in [3.05, 3.63) is 28.1 Å². The Morgan fingerprint density at radius 3 is 2.90 bits per heavy atom. The molecule has 1 heterocycles. The summed E-state index contributed by atoms with van der Waals surface area (Å²) in [5.41, 5.74) is -0.605. The fourth-order valence-electron chi connectivity index (χ4n) is 1.82. The van der Waals surface area contributed by atoms with Gasteiger partial charge in [0.2, 0.25) is 11.0 Å². The first-order valence-electron chi connectivity index (χ1n) is 6.07. The average molecular weight is 311 g/mol. The van der Waals surface area contributed by atoms with Crippen LogP contribution in [-0.2, 0) is 0 Å². The van der Waals surface area contributed by atoms with Crippen molar-refractivity contribution in [2.75, 3.05) is 7.11 Å². The Morgan fingerprint density at radius 2 is 2.29 bits per heavy atom. The van der Waals surface area contributed by atoms with Gasteiger partial charge in [-0.1, -0.05) is 0 Å². The van der Waals surface area contributed by atoms with Crippen LogP contribution in [0, 0.1) is 15.9 Å². The van der Waals surface area contributed by atoms with Crippen molar-refractivity contribution >= 4 is 17.4 Å². The first-order valence-corrected chi connectivity index (χ1v) is 6.89. The van der Waals surface area contributed by atoms with E-state index in [0.717, 1.165) is 30.7 Å². The lowest BCUT2D eigenvalue weighted by Crippen LogP contribution is -2.00. The summed E-state index contributed by atoms with van der Waals surface area (Å²) in [4.78, 5) is 10.4. The fraction of sp³-hybridized carbons (Fsp3) is 0.364. The summed E-state index contributed by atoms with van der Waals surface area (Å²) in [6.45, 7) is 0. The van der Waals surface area contributed by atoms with Crippen LogP contribution in [0.1, 0.15) is 18.9 Å². The molecule has 0 atom stereocenters. The molecular formula is C11H10FN5O3S. The zero-order valence-electron chi connectivity index (χ0n) is 10.9. The number of rotatable bonds is 5. The first-order chi connectivity index (χ1) is 10.1. The number of hydrogen-bond acceptors (Lipinski definition) is 7. The minimum atomic E-state index is -0.952. The number of methoxy groups -OCH3 is 1. The summed E-state index contributed by atoms with van der Waals surface area (Å²) in [5.74, 6) is -0.752. The number of halogens is 1. The van der Waals surface area contributed by atoms with E-state index in [1.54, 1.807) is 4.68 Å². The number of aromatic nitrogens is 4. The van der Waals surface area contributed by atoms with Crippen LogP contribution in [-0.4, -0.2) is 32.2 Å². The summed E-state index contributed by atoms with van der Waals surface area (Å²) in [5, 5.41) is 22.7. The minimum Gasteiger partial charge on any atom is -0.497 e. The van der Waals surface area contributed by atoms with E-state index in [0.29, 0.717) is 5.16 Å². The van der Waals surface area contributed by atoms with E-state index in [1.807, 2.05) is 0 Å². The summed E-state index contributed by atoms with van der Waals surface area (Å²) in [6.07, 6.45) is 1.93. The molecule has 0 bridgehead atoms. The van der Waals surface area contributed by atoms with Crippen molar-refractivity contribution in [1.29, 1.82) is 0 Å². The van der Waals surface area contributed by atoms with Crippen molar-refractivity contribution in [3.63, 3.8) is 0 Å². The smallest absolute Gasteiger partial charge is 0.318 e. The molecule has 2 aromatic rings. The van der Waals surface area contributed by atoms with Crippen LogP contribution in [0.2, 0.25) is 0 Å². The third kappa shape index (κ3) is 2.66. The highest BCUT2D eigenvalue weighted by Crippen LogP contribution is 2.41. The lowest BCUT2D eigenvalue weighted by atomic mass is 10.3. The zero-order valence-corrected chi connectivity index (χ0v) is 11.7. The van der Waals surface area contributed by atoms with Gasteiger partial charge in [-0.2, -0.15) is 4.39 Å². The van der Waals surface area contributed by atoms with Gasteiger partial charge in [0.25, 0.3) is 0 Å². The Balaban J connectivity index is 2.01. The molecule has 0 aliphatic heterocycles. The molecule has 0 saturated heterocycles. The van der Waals surface area contributed by atoms with E-state index < -0.39 is 16.4 Å². The molecule has 0 unspecified atom stereocenters. The largest absolute Gasteiger partial charge is 0.497 e. The second-order valence-corrected chi connectivity index (χ2v) is 5.46. The van der Waals surface area contributed by atoms with Crippen LogP contribution in [0.3, 0.4) is 0 Å². The Labute approximate surface area is 122 Å². The van der Waals surface area contributed by atoms with Gasteiger partial charge < -0.3 is 4.74 Å². The van der Waals surface area contributed by atoms with Crippen molar-refractivity contribution in [2.45, 2.75) is 28.9 Å².